The van der Waals surface area contributed by atoms with Crippen LogP contribution in [-0.4, -0.2) is 34.5 Å². The lowest BCUT2D eigenvalue weighted by atomic mass is 10.0. The summed E-state index contributed by atoms with van der Waals surface area (Å²) in [5, 5.41) is 13.5. The predicted molar refractivity (Wildman–Crippen MR) is 98.6 cm³/mol. The van der Waals surface area contributed by atoms with Crippen LogP contribution < -0.4 is 10.6 Å². The molecule has 1 aromatic carbocycles. The van der Waals surface area contributed by atoms with Crippen LogP contribution in [0.1, 0.15) is 12.0 Å². The highest BCUT2D eigenvalue weighted by Crippen LogP contribution is 2.27. The zero-order valence-corrected chi connectivity index (χ0v) is 15.2. The molecule has 7 nitrogen and oxygen atoms in total. The van der Waals surface area contributed by atoms with E-state index in [0.29, 0.717) is 5.57 Å². The van der Waals surface area contributed by atoms with E-state index >= 15 is 0 Å². The monoisotopic (exact) mass is 384 g/mol. The number of ether oxygens (including phenoxy) is 1. The molecule has 0 radical (unpaired) electrons. The van der Waals surface area contributed by atoms with Crippen molar-refractivity contribution in [3.63, 3.8) is 0 Å². The van der Waals surface area contributed by atoms with Gasteiger partial charge in [-0.25, -0.2) is 0 Å². The standard InChI is InChI=1S/C19H16N2O5S/c1-26-15-6-5-11(9-16-18(24)21-19(25)27-16)8-14(15)17(23)20-10-12-3-2-4-13(22)7-12/h2-4,7-8,16,22H,9-10H2,1H3,(H,20,23)(H,21,24,25). The number of carbonyl (C=O) groups is 3. The van der Waals surface area contributed by atoms with Gasteiger partial charge in [-0.1, -0.05) is 29.6 Å². The largest absolute Gasteiger partial charge is 0.508 e. The molecule has 1 aromatic rings. The maximum absolute atomic E-state index is 12.6. The maximum Gasteiger partial charge on any atom is 0.286 e. The number of hydrogen-bond acceptors (Lipinski definition) is 6. The second kappa shape index (κ2) is 8.01. The highest BCUT2D eigenvalue weighted by molar-refractivity contribution is 8.15. The Morgan fingerprint density at radius 1 is 1.37 bits per heavy atom. The van der Waals surface area contributed by atoms with Crippen molar-refractivity contribution in [3.05, 3.63) is 64.3 Å². The van der Waals surface area contributed by atoms with Gasteiger partial charge in [-0.2, -0.15) is 0 Å². The Balaban J connectivity index is 1.72. The van der Waals surface area contributed by atoms with Gasteiger partial charge >= 0.3 is 0 Å². The van der Waals surface area contributed by atoms with Crippen LogP contribution in [0.15, 0.2) is 58.7 Å². The first kappa shape index (κ1) is 18.6. The number of methoxy groups -OCH3 is 1. The number of allylic oxidation sites excluding steroid dienone is 2. The Morgan fingerprint density at radius 3 is 2.85 bits per heavy atom. The highest BCUT2D eigenvalue weighted by Gasteiger charge is 2.32. The zero-order valence-electron chi connectivity index (χ0n) is 14.4. The fourth-order valence-corrected chi connectivity index (χ4v) is 3.44. The smallest absolute Gasteiger partial charge is 0.286 e. The number of benzene rings is 1. The molecule has 138 valence electrons. The van der Waals surface area contributed by atoms with Crippen molar-refractivity contribution >= 4 is 28.8 Å². The van der Waals surface area contributed by atoms with Crippen molar-refractivity contribution < 1.29 is 24.2 Å². The molecule has 3 rings (SSSR count). The zero-order chi connectivity index (χ0) is 19.4. The fourth-order valence-electron chi connectivity index (χ4n) is 2.59. The molecule has 1 saturated heterocycles. The summed E-state index contributed by atoms with van der Waals surface area (Å²) in [4.78, 5) is 35.6. The fraction of sp³-hybridized carbons (Fsp3) is 0.211. The number of nitrogens with one attached hydrogen (secondary N) is 2. The topological polar surface area (TPSA) is 105 Å². The van der Waals surface area contributed by atoms with Crippen LogP contribution in [0.3, 0.4) is 0 Å². The minimum atomic E-state index is -0.557. The summed E-state index contributed by atoms with van der Waals surface area (Å²) >= 11 is 0.913. The number of carbonyl (C=O) groups excluding carboxylic acids is 3. The molecule has 1 unspecified atom stereocenters. The molecule has 8 heteroatoms. The maximum atomic E-state index is 12.6. The Kier molecular flexibility index (Phi) is 5.52. The lowest BCUT2D eigenvalue weighted by Gasteiger charge is -2.13. The Labute approximate surface area is 159 Å². The molecule has 0 bridgehead atoms. The van der Waals surface area contributed by atoms with E-state index in [1.54, 1.807) is 30.3 Å². The molecule has 1 aliphatic carbocycles. The first-order valence-corrected chi connectivity index (χ1v) is 8.92. The summed E-state index contributed by atoms with van der Waals surface area (Å²) in [5.74, 6) is -0.400. The van der Waals surface area contributed by atoms with Crippen LogP contribution in [0.25, 0.3) is 0 Å². The third-order valence-corrected chi connectivity index (χ3v) is 4.87. The summed E-state index contributed by atoms with van der Waals surface area (Å²) in [6.07, 6.45) is 1.82. The summed E-state index contributed by atoms with van der Waals surface area (Å²) in [7, 11) is 1.42. The Hall–Kier alpha value is -3.18. The first-order valence-electron chi connectivity index (χ1n) is 8.04. The van der Waals surface area contributed by atoms with E-state index < -0.39 is 5.25 Å². The van der Waals surface area contributed by atoms with Crippen molar-refractivity contribution in [3.8, 4) is 5.75 Å². The van der Waals surface area contributed by atoms with E-state index in [0.717, 1.165) is 17.3 Å². The molecule has 27 heavy (non-hydrogen) atoms. The predicted octanol–water partition coefficient (Wildman–Crippen LogP) is 1.90. The average molecular weight is 384 g/mol. The molecule has 0 aromatic heterocycles. The van der Waals surface area contributed by atoms with Crippen molar-refractivity contribution in [1.82, 2.24) is 10.6 Å². The number of hydrogen-bond donors (Lipinski definition) is 3. The van der Waals surface area contributed by atoms with E-state index in [9.17, 15) is 19.5 Å². The van der Waals surface area contributed by atoms with Crippen LogP contribution in [0.2, 0.25) is 0 Å². The van der Waals surface area contributed by atoms with Crippen LogP contribution in [0, 0.1) is 0 Å². The number of thioether (sulfide) groups is 1. The van der Waals surface area contributed by atoms with Gasteiger partial charge in [-0.3, -0.25) is 19.7 Å². The normalized spacial score (nSPS) is 18.4. The SMILES string of the molecule is COC1=C=C=C(CC2SC(=O)NC2=O)C=C1C(=O)NCc1cccc(O)c1. The van der Waals surface area contributed by atoms with E-state index in [1.807, 2.05) is 0 Å². The van der Waals surface area contributed by atoms with E-state index in [4.69, 9.17) is 4.74 Å². The first-order chi connectivity index (χ1) is 13.0. The minimum Gasteiger partial charge on any atom is -0.508 e. The van der Waals surface area contributed by atoms with Crippen LogP contribution in [0.5, 0.6) is 5.75 Å². The minimum absolute atomic E-state index is 0.117. The summed E-state index contributed by atoms with van der Waals surface area (Å²) in [5.41, 5.74) is 7.19. The number of aromatic hydroxyl groups is 1. The molecular formula is C19H16N2O5S. The van der Waals surface area contributed by atoms with E-state index in [1.165, 1.54) is 7.11 Å². The summed E-state index contributed by atoms with van der Waals surface area (Å²) < 4.78 is 5.17. The summed E-state index contributed by atoms with van der Waals surface area (Å²) in [6, 6.07) is 6.57. The van der Waals surface area contributed by atoms with Crippen LogP contribution in [0.4, 0.5) is 4.79 Å². The van der Waals surface area contributed by atoms with Crippen molar-refractivity contribution in [2.45, 2.75) is 18.2 Å². The van der Waals surface area contributed by atoms with Gasteiger partial charge in [0, 0.05) is 18.5 Å². The third-order valence-electron chi connectivity index (χ3n) is 3.88. The second-order valence-electron chi connectivity index (χ2n) is 5.81. The molecule has 1 fully saturated rings. The quantitative estimate of drug-likeness (QED) is 0.647. The molecule has 1 atom stereocenters. The summed E-state index contributed by atoms with van der Waals surface area (Å²) in [6.45, 7) is 0.222. The Morgan fingerprint density at radius 2 is 2.19 bits per heavy atom. The number of imide groups is 1. The van der Waals surface area contributed by atoms with Gasteiger partial charge in [0.25, 0.3) is 11.1 Å². The molecule has 1 aliphatic heterocycles. The van der Waals surface area contributed by atoms with Gasteiger partial charge in [0.15, 0.2) is 5.76 Å². The molecular weight excluding hydrogens is 368 g/mol. The second-order valence-corrected chi connectivity index (χ2v) is 6.98. The van der Waals surface area contributed by atoms with Crippen molar-refractivity contribution in [2.75, 3.05) is 7.11 Å². The van der Waals surface area contributed by atoms with Crippen molar-refractivity contribution in [2.24, 2.45) is 0 Å². The van der Waals surface area contributed by atoms with Crippen LogP contribution >= 0.6 is 11.8 Å². The van der Waals surface area contributed by atoms with E-state index in [-0.39, 0.29) is 47.1 Å². The van der Waals surface area contributed by atoms with E-state index in [2.05, 4.69) is 22.1 Å². The number of amides is 3. The molecule has 1 heterocycles. The lowest BCUT2D eigenvalue weighted by molar-refractivity contribution is -0.119. The number of rotatable bonds is 6. The molecule has 0 saturated carbocycles. The lowest BCUT2D eigenvalue weighted by Crippen LogP contribution is -2.26. The van der Waals surface area contributed by atoms with Gasteiger partial charge in [-0.05, 0) is 29.5 Å². The van der Waals surface area contributed by atoms with Gasteiger partial charge in [0.2, 0.25) is 5.91 Å². The number of phenolic OH excluding ortho intramolecular Hbond substituents is 1. The highest BCUT2D eigenvalue weighted by atomic mass is 32.2. The van der Waals surface area contributed by atoms with Gasteiger partial charge in [0.1, 0.15) is 5.75 Å². The van der Waals surface area contributed by atoms with Gasteiger partial charge in [0.05, 0.1) is 17.9 Å². The van der Waals surface area contributed by atoms with Crippen LogP contribution in [-0.2, 0) is 20.9 Å². The average Bonchev–Trinajstić information content (AvgIpc) is 2.96. The third kappa shape index (κ3) is 4.51. The molecule has 3 N–H and O–H groups in total. The molecule has 0 spiro atoms. The van der Waals surface area contributed by atoms with Gasteiger partial charge < -0.3 is 15.2 Å². The number of phenols is 1. The van der Waals surface area contributed by atoms with Crippen molar-refractivity contribution in [1.29, 1.82) is 0 Å². The molecule has 2 aliphatic rings. The Bertz CT molecular complexity index is 953. The molecule has 3 amide bonds. The van der Waals surface area contributed by atoms with Gasteiger partial charge in [-0.15, -0.1) is 0 Å².